The predicted molar refractivity (Wildman–Crippen MR) is 408 cm³/mol. The van der Waals surface area contributed by atoms with Crippen LogP contribution in [-0.2, 0) is 28.8 Å². The molecule has 1 aliphatic rings. The van der Waals surface area contributed by atoms with E-state index in [0.717, 1.165) is 86.4 Å². The smallest absolute Gasteiger partial charge is 0.305 e. The summed E-state index contributed by atoms with van der Waals surface area (Å²) < 4.78 is 4.44. The Hall–Kier alpha value is -10.2. The number of carboxylic acids is 1. The molecular formula is C84H105N9O10. The number of ketones is 2. The number of benzene rings is 3. The number of carbonyl (C=O) groups excluding carboxylic acids is 5. The zero-order chi connectivity index (χ0) is 75.4. The first kappa shape index (κ1) is 80.1. The number of hydrogen-bond acceptors (Lipinski definition) is 12. The lowest BCUT2D eigenvalue weighted by atomic mass is 9.94. The van der Waals surface area contributed by atoms with E-state index >= 15 is 0 Å². The molecule has 0 saturated carbocycles. The molecule has 3 aromatic carbocycles. The highest BCUT2D eigenvalue weighted by Crippen LogP contribution is 2.33. The standard InChI is InChI=1S/C29H34N2O3.C28H33N3O4.C27H38N4O3/c1-19(2)16-27(31-15-9-11-21(4)29(31)34)28(33)30-26(17-22(5)32)24-13-8-12-23(18-24)25-14-7-6-10-20(25)3;1-17(2)13-24(31-12-10-18(3)14-25(31)32)28(35)30-22(16-26(33)34)21-9-11-29-23(15-21)27-19(4)7-6-8-20(27)5;1-18(2)12-25(31-11-9-19(3)13-26(31)33)27(34)29-24(14-21(5)32)22-15-23(17-28-16-22)30-10-7-6-8-20(30)4/h6-15,18-19,26-27H,16-17H2,1-5H3,(H,30,33);6-12,14-15,17,22,24H,13,16H2,1-5H3,(H,30,35)(H,33,34);9,11,13,15-18,20,24-25H,6-8,10,12,14H2,1-5H3,(H,29,34)/t26-,27+;22-,24+;20-,24+,25+/m010/s1. The van der Waals surface area contributed by atoms with E-state index in [-0.39, 0.29) is 83.0 Å². The molecule has 1 fully saturated rings. The number of rotatable bonds is 27. The molecule has 19 nitrogen and oxygen atoms in total. The van der Waals surface area contributed by atoms with Crippen LogP contribution in [-0.4, -0.2) is 76.6 Å². The Balaban J connectivity index is 0.000000216. The third kappa shape index (κ3) is 22.9. The van der Waals surface area contributed by atoms with Crippen LogP contribution in [0.25, 0.3) is 22.4 Å². The van der Waals surface area contributed by atoms with E-state index in [9.17, 15) is 48.3 Å². The van der Waals surface area contributed by atoms with Crippen molar-refractivity contribution in [2.45, 2.75) is 204 Å². The minimum absolute atomic E-state index is 0.0141. The number of carboxylic acid groups (broad SMARTS) is 1. The van der Waals surface area contributed by atoms with Gasteiger partial charge in [-0.2, -0.15) is 0 Å². The number of piperidine rings is 1. The summed E-state index contributed by atoms with van der Waals surface area (Å²) in [6.45, 7) is 29.8. The Bertz CT molecular complexity index is 4430. The molecule has 103 heavy (non-hydrogen) atoms. The average molecular weight is 1400 g/mol. The summed E-state index contributed by atoms with van der Waals surface area (Å²) in [4.78, 5) is 126. The van der Waals surface area contributed by atoms with Gasteiger partial charge in [-0.25, -0.2) is 0 Å². The van der Waals surface area contributed by atoms with Gasteiger partial charge in [0.05, 0.1) is 42.1 Å². The topological polar surface area (TPSA) is 254 Å². The van der Waals surface area contributed by atoms with Gasteiger partial charge in [0.15, 0.2) is 0 Å². The summed E-state index contributed by atoms with van der Waals surface area (Å²) in [5, 5.41) is 18.7. The fourth-order valence-electron chi connectivity index (χ4n) is 13.4. The van der Waals surface area contributed by atoms with Crippen LogP contribution in [0.4, 0.5) is 5.69 Å². The number of pyridine rings is 5. The SMILES string of the molecule is CC(=O)C[C@@H](NC(=O)[C@@H](CC(C)C)n1ccc(C)cc1=O)c1cncc(N2CCCC[C@@H]2C)c1.CC(=O)C[C@H](NC(=O)[C@@H](CC(C)C)n1cccc(C)c1=O)c1cccc(-c2ccccc2C)c1.Cc1ccn([C@@H](CC(C)C)C(=O)N[C@H](CC(=O)O)c2ccnc(-c3c(C)cccc3C)c2)c(=O)c1. The Morgan fingerprint density at radius 1 is 0.515 bits per heavy atom. The van der Waals surface area contributed by atoms with E-state index in [1.807, 2.05) is 148 Å². The first-order chi connectivity index (χ1) is 48.9. The van der Waals surface area contributed by atoms with Crippen LogP contribution in [0.5, 0.6) is 0 Å². The van der Waals surface area contributed by atoms with Crippen molar-refractivity contribution in [2.24, 2.45) is 17.8 Å². The Labute approximate surface area is 606 Å². The molecule has 5 aromatic heterocycles. The highest BCUT2D eigenvalue weighted by molar-refractivity contribution is 5.84. The molecule has 0 aliphatic carbocycles. The summed E-state index contributed by atoms with van der Waals surface area (Å²) in [5.41, 5.74) is 12.1. The summed E-state index contributed by atoms with van der Waals surface area (Å²) in [6, 6.07) is 34.5. The second kappa shape index (κ2) is 37.7. The van der Waals surface area contributed by atoms with E-state index in [1.54, 1.807) is 68.2 Å². The molecule has 1 aliphatic heterocycles. The van der Waals surface area contributed by atoms with Crippen molar-refractivity contribution in [1.29, 1.82) is 0 Å². The van der Waals surface area contributed by atoms with Crippen molar-refractivity contribution >= 4 is 40.9 Å². The van der Waals surface area contributed by atoms with Gasteiger partial charge in [-0.1, -0.05) is 108 Å². The molecule has 0 radical (unpaired) electrons. The van der Waals surface area contributed by atoms with Crippen molar-refractivity contribution < 1.29 is 33.9 Å². The third-order valence-electron chi connectivity index (χ3n) is 18.6. The van der Waals surface area contributed by atoms with E-state index < -0.39 is 42.2 Å². The number of nitrogens with zero attached hydrogens (tertiary/aromatic N) is 6. The minimum atomic E-state index is -1.03. The lowest BCUT2D eigenvalue weighted by Gasteiger charge is -2.35. The third-order valence-corrected chi connectivity index (χ3v) is 18.6. The molecule has 0 spiro atoms. The molecule has 0 unspecified atom stereocenters. The predicted octanol–water partition coefficient (Wildman–Crippen LogP) is 14.7. The molecule has 4 N–H and O–H groups in total. The maximum atomic E-state index is 13.5. The van der Waals surface area contributed by atoms with Gasteiger partial charge in [0.1, 0.15) is 29.7 Å². The van der Waals surface area contributed by atoms with Crippen LogP contribution in [0, 0.1) is 59.3 Å². The Morgan fingerprint density at radius 3 is 1.52 bits per heavy atom. The number of hydrogen-bond donors (Lipinski definition) is 4. The van der Waals surface area contributed by atoms with Crippen LogP contribution in [0.2, 0.25) is 0 Å². The molecule has 3 amide bonds. The zero-order valence-corrected chi connectivity index (χ0v) is 62.7. The van der Waals surface area contributed by atoms with Gasteiger partial charge in [0.25, 0.3) is 16.7 Å². The van der Waals surface area contributed by atoms with E-state index in [2.05, 4.69) is 56.8 Å². The minimum Gasteiger partial charge on any atom is -0.481 e. The van der Waals surface area contributed by atoms with Gasteiger partial charge in [-0.05, 0) is 217 Å². The summed E-state index contributed by atoms with van der Waals surface area (Å²) in [6.07, 6.45) is 15.2. The molecule has 6 heterocycles. The Kier molecular flexibility index (Phi) is 29.3. The van der Waals surface area contributed by atoms with Gasteiger partial charge in [0, 0.05) is 79.7 Å². The second-order valence-corrected chi connectivity index (χ2v) is 29.0. The number of nitrogens with one attached hydrogen (secondary N) is 3. The Morgan fingerprint density at radius 2 is 1.01 bits per heavy atom. The number of aromatic nitrogens is 5. The first-order valence-corrected chi connectivity index (χ1v) is 36.0. The van der Waals surface area contributed by atoms with Crippen molar-refractivity contribution in [3.05, 3.63) is 240 Å². The average Bonchev–Trinajstić information content (AvgIpc) is 0.838. The van der Waals surface area contributed by atoms with Crippen molar-refractivity contribution in [3.8, 4) is 22.4 Å². The lowest BCUT2D eigenvalue weighted by Crippen LogP contribution is -2.40. The first-order valence-electron chi connectivity index (χ1n) is 36.0. The van der Waals surface area contributed by atoms with E-state index in [1.165, 1.54) is 40.0 Å². The van der Waals surface area contributed by atoms with Crippen LogP contribution in [0.15, 0.2) is 173 Å². The normalized spacial score (nSPS) is 14.5. The molecule has 0 bridgehead atoms. The van der Waals surface area contributed by atoms with Crippen molar-refractivity contribution in [3.63, 3.8) is 0 Å². The number of aliphatic carboxylic acids is 1. The van der Waals surface area contributed by atoms with Gasteiger partial charge in [0.2, 0.25) is 17.7 Å². The summed E-state index contributed by atoms with van der Waals surface area (Å²) in [7, 11) is 0. The maximum absolute atomic E-state index is 13.5. The van der Waals surface area contributed by atoms with Crippen LogP contribution < -0.4 is 37.5 Å². The zero-order valence-electron chi connectivity index (χ0n) is 62.7. The molecular weight excluding hydrogens is 1290 g/mol. The van der Waals surface area contributed by atoms with Crippen LogP contribution in [0.1, 0.15) is 206 Å². The second-order valence-electron chi connectivity index (χ2n) is 29.0. The van der Waals surface area contributed by atoms with Crippen LogP contribution in [0.3, 0.4) is 0 Å². The van der Waals surface area contributed by atoms with E-state index in [0.29, 0.717) is 36.4 Å². The molecule has 546 valence electrons. The summed E-state index contributed by atoms with van der Waals surface area (Å²) >= 11 is 0. The largest absolute Gasteiger partial charge is 0.481 e. The monoisotopic (exact) mass is 1400 g/mol. The number of anilines is 1. The van der Waals surface area contributed by atoms with Gasteiger partial charge in [-0.15, -0.1) is 0 Å². The number of amides is 3. The van der Waals surface area contributed by atoms with Gasteiger partial charge >= 0.3 is 5.97 Å². The molecule has 7 atom stereocenters. The summed E-state index contributed by atoms with van der Waals surface area (Å²) in [5.74, 6) is -1.41. The highest BCUT2D eigenvalue weighted by atomic mass is 16.4. The van der Waals surface area contributed by atoms with E-state index in [4.69, 9.17) is 0 Å². The highest BCUT2D eigenvalue weighted by Gasteiger charge is 2.31. The number of aryl methyl sites for hydroxylation is 6. The fraction of sp³-hybridized carbons (Fsp3) is 0.417. The van der Waals surface area contributed by atoms with Crippen molar-refractivity contribution in [1.82, 2.24) is 39.6 Å². The fourth-order valence-corrected chi connectivity index (χ4v) is 13.4. The maximum Gasteiger partial charge on any atom is 0.305 e. The lowest BCUT2D eigenvalue weighted by molar-refractivity contribution is -0.138. The molecule has 8 aromatic rings. The number of Topliss-reactive ketones (excluding diaryl/α,β-unsaturated/α-hetero) is 2. The van der Waals surface area contributed by atoms with Crippen LogP contribution >= 0.6 is 0 Å². The molecule has 19 heteroatoms. The van der Waals surface area contributed by atoms with Gasteiger partial charge in [-0.3, -0.25) is 53.1 Å². The van der Waals surface area contributed by atoms with Gasteiger partial charge < -0.3 is 39.7 Å². The quantitative estimate of drug-likeness (QED) is 0.0374. The number of carbonyl (C=O) groups is 6. The molecule has 1 saturated heterocycles. The van der Waals surface area contributed by atoms with Crippen molar-refractivity contribution in [2.75, 3.05) is 11.4 Å². The molecule has 9 rings (SSSR count).